The van der Waals surface area contributed by atoms with Crippen LogP contribution in [-0.2, 0) is 9.31 Å². The summed E-state index contributed by atoms with van der Waals surface area (Å²) in [5, 5.41) is 25.7. The molecule has 0 N–H and O–H groups in total. The number of hydrogen-bond donors (Lipinski definition) is 0. The molecule has 0 saturated carbocycles. The van der Waals surface area contributed by atoms with Crippen LogP contribution in [0.2, 0.25) is 0 Å². The zero-order chi connectivity index (χ0) is 56.4. The van der Waals surface area contributed by atoms with Crippen molar-refractivity contribution in [1.82, 2.24) is 0 Å². The molecule has 0 unspecified atom stereocenters. The molecule has 0 bridgehead atoms. The summed E-state index contributed by atoms with van der Waals surface area (Å²) in [7, 11) is -0.489. The Bertz CT molecular complexity index is 3740. The number of benzene rings is 2. The number of nitrogens with zero attached hydrogens (tertiary/aromatic N) is 2. The van der Waals surface area contributed by atoms with Gasteiger partial charge in [-0.25, -0.2) is 0 Å². The Balaban J connectivity index is 0.000000122. The van der Waals surface area contributed by atoms with E-state index in [-0.39, 0.29) is 11.4 Å². The van der Waals surface area contributed by atoms with Gasteiger partial charge in [0.1, 0.15) is 82.2 Å². The van der Waals surface area contributed by atoms with Crippen LogP contribution in [0.1, 0.15) is 27.7 Å². The molecule has 6 aromatic heterocycles. The summed E-state index contributed by atoms with van der Waals surface area (Å²) < 4.78 is 85.3. The fourth-order valence-electron chi connectivity index (χ4n) is 9.38. The first kappa shape index (κ1) is 55.0. The zero-order valence-corrected chi connectivity index (χ0v) is 51.0. The van der Waals surface area contributed by atoms with E-state index in [9.17, 15) is 20.2 Å². The van der Waals surface area contributed by atoms with Gasteiger partial charge < -0.3 is 66.2 Å². The first-order valence-corrected chi connectivity index (χ1v) is 31.8. The highest BCUT2D eigenvalue weighted by Gasteiger charge is 2.54. The van der Waals surface area contributed by atoms with Gasteiger partial charge in [-0.3, -0.25) is 20.2 Å². The number of rotatable bonds is 8. The van der Waals surface area contributed by atoms with Crippen molar-refractivity contribution in [3.63, 3.8) is 0 Å². The van der Waals surface area contributed by atoms with Crippen molar-refractivity contribution in [2.75, 3.05) is 79.3 Å². The second-order valence-electron chi connectivity index (χ2n) is 19.5. The van der Waals surface area contributed by atoms with Crippen LogP contribution in [0.5, 0.6) is 69.0 Å². The largest absolute Gasteiger partial charge is 0.509 e. The Morgan fingerprint density at radius 2 is 0.720 bits per heavy atom. The Morgan fingerprint density at radius 3 is 1.16 bits per heavy atom. The molecule has 15 rings (SSSR count). The minimum absolute atomic E-state index is 0.0366. The van der Waals surface area contributed by atoms with E-state index in [0.717, 1.165) is 104 Å². The number of thiophene rings is 6. The molecule has 0 radical (unpaired) electrons. The number of hydrogen-bond acceptors (Lipinski definition) is 24. The lowest BCUT2D eigenvalue weighted by molar-refractivity contribution is -0.385. The van der Waals surface area contributed by atoms with Gasteiger partial charge in [-0.1, -0.05) is 0 Å². The lowest BCUT2D eigenvalue weighted by atomic mass is 9.87. The van der Waals surface area contributed by atoms with Gasteiger partial charge in [-0.15, -0.1) is 68.0 Å². The van der Waals surface area contributed by atoms with Gasteiger partial charge in [0, 0.05) is 35.0 Å². The smallest absolute Gasteiger partial charge is 0.486 e. The van der Waals surface area contributed by atoms with E-state index in [2.05, 4.69) is 22.6 Å². The second-order valence-corrected chi connectivity index (χ2v) is 27.2. The van der Waals surface area contributed by atoms with Crippen molar-refractivity contribution in [1.29, 1.82) is 0 Å². The minimum atomic E-state index is -0.489. The van der Waals surface area contributed by atoms with Gasteiger partial charge in [0.2, 0.25) is 0 Å². The average Bonchev–Trinajstić information content (AvgIpc) is 3.56. The predicted octanol–water partition coefficient (Wildman–Crippen LogP) is 13.1. The zero-order valence-electron chi connectivity index (χ0n) is 43.9. The summed E-state index contributed by atoms with van der Waals surface area (Å²) in [4.78, 5) is 28.4. The molecule has 7 aliphatic heterocycles. The molecule has 13 heterocycles. The van der Waals surface area contributed by atoms with Gasteiger partial charge in [-0.2, -0.15) is 0 Å². The SMILES string of the molecule is CC1(C)OB(c2sc(-c3scc4c3OCCO4)c3c2OCCO3)OC1(C)C.O=[N+]([O-])c1ccc(-c2sc(-c3sc(-c4scc5c4OCCO5)c4c3OCCO4)c3c2OCCO3)cc1.O=[N+]([O-])c1ccc(-c2sc(I)c3c2OCCO3)cc1. The number of halogens is 1. The number of non-ortho nitro benzene ring substituents is 2. The fourth-order valence-corrected chi connectivity index (χ4v) is 17.2. The third-order valence-electron chi connectivity index (χ3n) is 13.9. The molecule has 426 valence electrons. The topological polar surface area (TPSA) is 215 Å². The van der Waals surface area contributed by atoms with Crippen molar-refractivity contribution in [2.24, 2.45) is 0 Å². The number of nitro groups is 2. The fraction of sp³-hybridized carbons (Fsp3) is 0.333. The highest BCUT2D eigenvalue weighted by molar-refractivity contribution is 14.1. The molecule has 82 heavy (non-hydrogen) atoms. The van der Waals surface area contributed by atoms with Crippen LogP contribution in [-0.4, -0.2) is 107 Å². The molecule has 7 aliphatic rings. The summed E-state index contributed by atoms with van der Waals surface area (Å²) in [6, 6.07) is 12.9. The van der Waals surface area contributed by atoms with Crippen molar-refractivity contribution in [3.05, 3.63) is 82.4 Å². The van der Waals surface area contributed by atoms with Gasteiger partial charge in [0.25, 0.3) is 11.4 Å². The molecule has 20 nitrogen and oxygen atoms in total. The number of fused-ring (bicyclic) bond motifs is 6. The van der Waals surface area contributed by atoms with E-state index >= 15 is 0 Å². The molecular formula is C54H46BIN2O18S6. The summed E-state index contributed by atoms with van der Waals surface area (Å²) in [6.45, 7) is 14.2. The standard InChI is InChI=1S/C24H17NO8S3.C18H21BO6S2.C12H8INO4S/c26-25(27)13-3-1-12(2-4-13)20-16-17(31-8-7-30-16)23(35-20)24-19-18(32-9-10-33-19)22(36-24)21-15-14(11-34-21)28-5-6-29-15;1-17(2)18(3,4)25-19(24-17)16-13-12(22-7-8-23-13)15(27-16)14-11-10(9-26-14)20-5-6-21-11;13-12-10-9(17-5-6-18-10)11(19-12)7-1-3-8(4-2-7)14(15)16/h1-4,11H,5-10H2;9H,5-8H2,1-4H3;1-4H,5-6H2. The quantitative estimate of drug-likeness (QED) is 0.0598. The normalized spacial score (nSPS) is 17.2. The van der Waals surface area contributed by atoms with Crippen molar-refractivity contribution < 1.29 is 76.0 Å². The second kappa shape index (κ2) is 22.4. The molecule has 1 fully saturated rings. The predicted molar refractivity (Wildman–Crippen MR) is 321 cm³/mol. The van der Waals surface area contributed by atoms with E-state index in [0.29, 0.717) is 102 Å². The maximum Gasteiger partial charge on any atom is 0.509 e. The van der Waals surface area contributed by atoms with E-state index < -0.39 is 28.2 Å². The van der Waals surface area contributed by atoms with Gasteiger partial charge in [-0.05, 0) is 85.7 Å². The maximum absolute atomic E-state index is 11.1. The molecule has 0 amide bonds. The van der Waals surface area contributed by atoms with E-state index in [1.54, 1.807) is 80.9 Å². The highest BCUT2D eigenvalue weighted by atomic mass is 127. The first-order valence-electron chi connectivity index (χ1n) is 25.7. The lowest BCUT2D eigenvalue weighted by Crippen LogP contribution is -2.41. The highest BCUT2D eigenvalue weighted by Crippen LogP contribution is 2.64. The molecular weight excluding hydrogens is 1290 g/mol. The van der Waals surface area contributed by atoms with Gasteiger partial charge >= 0.3 is 7.12 Å². The molecule has 28 heteroatoms. The van der Waals surface area contributed by atoms with Gasteiger partial charge in [0.05, 0.1) is 64.8 Å². The van der Waals surface area contributed by atoms with Crippen molar-refractivity contribution >= 4 is 114 Å². The van der Waals surface area contributed by atoms with E-state index in [1.807, 2.05) is 38.5 Å². The summed E-state index contributed by atoms with van der Waals surface area (Å²) in [6.07, 6.45) is 0. The minimum Gasteiger partial charge on any atom is -0.486 e. The van der Waals surface area contributed by atoms with Crippen LogP contribution in [0.15, 0.2) is 59.3 Å². The summed E-state index contributed by atoms with van der Waals surface area (Å²) in [5.41, 5.74) is 1.02. The lowest BCUT2D eigenvalue weighted by Gasteiger charge is -2.32. The van der Waals surface area contributed by atoms with Crippen LogP contribution in [0.3, 0.4) is 0 Å². The van der Waals surface area contributed by atoms with Crippen LogP contribution in [0.25, 0.3) is 50.1 Å². The Morgan fingerprint density at radius 1 is 0.402 bits per heavy atom. The van der Waals surface area contributed by atoms with Crippen LogP contribution >= 0.6 is 90.6 Å². The van der Waals surface area contributed by atoms with Crippen molar-refractivity contribution in [3.8, 4) is 119 Å². The molecule has 1 saturated heterocycles. The summed E-state index contributed by atoms with van der Waals surface area (Å²) in [5.74, 6) is 8.69. The molecule has 0 spiro atoms. The van der Waals surface area contributed by atoms with Crippen molar-refractivity contribution in [2.45, 2.75) is 38.9 Å². The number of nitro benzene ring substituents is 2. The third kappa shape index (κ3) is 10.1. The first-order chi connectivity index (χ1) is 39.7. The molecule has 0 aliphatic carbocycles. The van der Waals surface area contributed by atoms with Crippen LogP contribution < -0.4 is 61.6 Å². The molecule has 8 aromatic rings. The van der Waals surface area contributed by atoms with Crippen LogP contribution in [0.4, 0.5) is 11.4 Å². The number of ether oxygens (including phenoxy) is 12. The average molecular weight is 1340 g/mol. The molecule has 0 atom stereocenters. The monoisotopic (exact) mass is 1340 g/mol. The van der Waals surface area contributed by atoms with E-state index in [4.69, 9.17) is 66.2 Å². The van der Waals surface area contributed by atoms with E-state index in [1.165, 1.54) is 35.6 Å². The Kier molecular flexibility index (Phi) is 15.0. The third-order valence-corrected chi connectivity index (χ3v) is 22.0. The Labute approximate surface area is 505 Å². The van der Waals surface area contributed by atoms with Crippen LogP contribution in [0, 0.1) is 23.1 Å². The molecule has 2 aromatic carbocycles. The maximum atomic E-state index is 11.1. The summed E-state index contributed by atoms with van der Waals surface area (Å²) >= 11 is 11.6. The Hall–Kier alpha value is -6.25. The van der Waals surface area contributed by atoms with Gasteiger partial charge in [0.15, 0.2) is 69.0 Å².